The first-order valence-corrected chi connectivity index (χ1v) is 28.9. The van der Waals surface area contributed by atoms with Gasteiger partial charge in [0.05, 0.1) is 37.1 Å². The number of hydrogen-bond acceptors (Lipinski definition) is 19. The highest BCUT2D eigenvalue weighted by Crippen LogP contribution is 2.29. The van der Waals surface area contributed by atoms with Crippen LogP contribution in [-0.4, -0.2) is 210 Å². The summed E-state index contributed by atoms with van der Waals surface area (Å²) in [5, 5.41) is 105. The van der Waals surface area contributed by atoms with E-state index in [0.717, 1.165) is 76.1 Å². The Bertz CT molecular complexity index is 2940. The third-order valence-electron chi connectivity index (χ3n) is 15.6. The fourth-order valence-electron chi connectivity index (χ4n) is 10.7. The number of phenolic OH excluding ortho intramolecular Hbond substituents is 1. The van der Waals surface area contributed by atoms with E-state index in [2.05, 4.69) is 38.8 Å². The minimum absolute atomic E-state index is 0.0445. The molecule has 0 radical (unpaired) electrons. The summed E-state index contributed by atoms with van der Waals surface area (Å²) < 4.78 is 5.86. The number of nitrogens with zero attached hydrogens (tertiary/aromatic N) is 2. The maximum Gasteiger partial charge on any atom is 0.251 e. The quantitative estimate of drug-likeness (QED) is 0.0440. The number of aliphatic hydroxyl groups excluding tert-OH is 7. The molecule has 0 aliphatic carbocycles. The van der Waals surface area contributed by atoms with Gasteiger partial charge in [0.15, 0.2) is 0 Å². The Hall–Kier alpha value is -7.63. The zero-order chi connectivity index (χ0) is 62.4. The maximum atomic E-state index is 14.7. The predicted molar refractivity (Wildman–Crippen MR) is 312 cm³/mol. The molecule has 26 heteroatoms. The number of benzene rings is 4. The van der Waals surface area contributed by atoms with Crippen molar-refractivity contribution in [3.8, 4) is 33.8 Å². The second-order valence-corrected chi connectivity index (χ2v) is 21.9. The molecule has 3 fully saturated rings. The molecular formula is C60H80N10O16. The third kappa shape index (κ3) is 16.5. The van der Waals surface area contributed by atoms with Gasteiger partial charge in [-0.05, 0) is 96.9 Å². The molecule has 0 spiro atoms. The Morgan fingerprint density at radius 3 is 1.85 bits per heavy atom. The molecule has 3 heterocycles. The van der Waals surface area contributed by atoms with Crippen molar-refractivity contribution in [1.29, 1.82) is 0 Å². The highest BCUT2D eigenvalue weighted by molar-refractivity contribution is 6.00. The third-order valence-corrected chi connectivity index (χ3v) is 15.6. The first kappa shape index (κ1) is 65.9. The average molecular weight is 1200 g/mol. The molecular weight excluding hydrogens is 1120 g/mol. The first-order valence-electron chi connectivity index (χ1n) is 28.9. The Balaban J connectivity index is 1.21. The van der Waals surface area contributed by atoms with E-state index < -0.39 is 146 Å². The van der Waals surface area contributed by atoms with Gasteiger partial charge >= 0.3 is 0 Å². The number of carbonyl (C=O) groups excluding carboxylic acids is 7. The highest BCUT2D eigenvalue weighted by atomic mass is 16.5. The van der Waals surface area contributed by atoms with Crippen molar-refractivity contribution in [2.45, 2.75) is 144 Å². The van der Waals surface area contributed by atoms with E-state index >= 15 is 0 Å². The first-order chi connectivity index (χ1) is 41.1. The van der Waals surface area contributed by atoms with Crippen LogP contribution in [0.1, 0.15) is 80.8 Å². The number of fused-ring (bicyclic) bond motifs is 2. The lowest BCUT2D eigenvalue weighted by Crippen LogP contribution is -2.65. The number of unbranched alkanes of at least 4 members (excludes halogenated alkanes) is 2. The summed E-state index contributed by atoms with van der Waals surface area (Å²) in [6, 6.07) is 15.1. The Morgan fingerprint density at radius 1 is 0.674 bits per heavy atom. The minimum atomic E-state index is -2.30. The molecule has 4 aromatic carbocycles. The van der Waals surface area contributed by atoms with Crippen molar-refractivity contribution < 1.29 is 79.2 Å². The molecule has 3 aliphatic rings. The largest absolute Gasteiger partial charge is 0.508 e. The molecule has 7 rings (SSSR count). The number of carbonyl (C=O) groups is 7. The summed E-state index contributed by atoms with van der Waals surface area (Å²) in [5.74, 6) is -7.47. The summed E-state index contributed by atoms with van der Waals surface area (Å²) in [4.78, 5) is 103. The normalized spacial score (nSPS) is 25.9. The lowest BCUT2D eigenvalue weighted by atomic mass is 9.96. The number of aliphatic hydroxyl groups is 7. The number of aromatic hydroxyl groups is 1. The van der Waals surface area contributed by atoms with Crippen LogP contribution in [0, 0.1) is 0 Å². The highest BCUT2D eigenvalue weighted by Gasteiger charge is 2.49. The fourth-order valence-corrected chi connectivity index (χ4v) is 10.7. The molecule has 3 aliphatic heterocycles. The summed E-state index contributed by atoms with van der Waals surface area (Å²) in [7, 11) is 0. The standard InChI is InChI=1S/C60H80N10O16/c1-3-4-5-28-86-41-20-16-36(17-21-41)34-8-6-33(7-9-34)35-10-12-38(13-11-35)54(79)64-42-30-46(76)53(63-26-25-62)68-58(83)50-45(75)23-27-69(50)60(85)48(44(74)22-24-61)66-57(82)49(52(78)51(77)37-14-18-39(72)19-15-37)67-56(81)43-29-40(73)31-70(43)59(84)47(32(2)71)65-55(42)80/h6-21,32,40,42-53,63,71-78H,3-5,22-31,61-62H2,1-2H3,(H,64,79)(H,65,80)(H,66,82)(H,67,81)(H,68,83)/t32-,40-,42-,43+,44-,45+,46+,47+,48+,49+,50+,51+,52+,53+/m1/s1. The van der Waals surface area contributed by atoms with Gasteiger partial charge in [0.2, 0.25) is 35.4 Å². The van der Waals surface area contributed by atoms with Crippen LogP contribution in [0.3, 0.4) is 0 Å². The van der Waals surface area contributed by atoms with Crippen LogP contribution in [0.4, 0.5) is 0 Å². The van der Waals surface area contributed by atoms with E-state index in [9.17, 15) is 74.4 Å². The van der Waals surface area contributed by atoms with Crippen LogP contribution in [0.2, 0.25) is 0 Å². The van der Waals surface area contributed by atoms with Gasteiger partial charge in [0.25, 0.3) is 5.91 Å². The number of nitrogens with one attached hydrogen (secondary N) is 6. The zero-order valence-electron chi connectivity index (χ0n) is 47.9. The van der Waals surface area contributed by atoms with E-state index in [1.165, 1.54) is 24.3 Å². The van der Waals surface area contributed by atoms with Gasteiger partial charge < -0.3 is 93.4 Å². The van der Waals surface area contributed by atoms with Crippen molar-refractivity contribution in [3.63, 3.8) is 0 Å². The molecule has 4 aromatic rings. The van der Waals surface area contributed by atoms with Gasteiger partial charge in [-0.2, -0.15) is 0 Å². The lowest BCUT2D eigenvalue weighted by Gasteiger charge is -2.35. The minimum Gasteiger partial charge on any atom is -0.508 e. The summed E-state index contributed by atoms with van der Waals surface area (Å²) in [5.41, 5.74) is 15.0. The van der Waals surface area contributed by atoms with Crippen LogP contribution in [-0.2, 0) is 28.8 Å². The summed E-state index contributed by atoms with van der Waals surface area (Å²) >= 11 is 0. The fraction of sp³-hybridized carbons (Fsp3) is 0.483. The number of nitrogens with two attached hydrogens (primary N) is 2. The molecule has 7 amide bonds. The average Bonchev–Trinajstić information content (AvgIpc) is 4.09. The van der Waals surface area contributed by atoms with Crippen molar-refractivity contribution in [2.75, 3.05) is 39.3 Å². The summed E-state index contributed by atoms with van der Waals surface area (Å²) in [6.07, 6.45) is -12.9. The van der Waals surface area contributed by atoms with E-state index in [4.69, 9.17) is 16.2 Å². The molecule has 0 saturated carbocycles. The summed E-state index contributed by atoms with van der Waals surface area (Å²) in [6.45, 7) is 2.59. The van der Waals surface area contributed by atoms with Crippen molar-refractivity contribution >= 4 is 41.4 Å². The van der Waals surface area contributed by atoms with Crippen LogP contribution in [0.25, 0.3) is 22.3 Å². The van der Waals surface area contributed by atoms with Gasteiger partial charge in [0, 0.05) is 44.6 Å². The van der Waals surface area contributed by atoms with Crippen molar-refractivity contribution in [1.82, 2.24) is 41.7 Å². The maximum absolute atomic E-state index is 14.7. The molecule has 0 unspecified atom stereocenters. The molecule has 26 nitrogen and oxygen atoms in total. The van der Waals surface area contributed by atoms with Crippen molar-refractivity contribution in [2.24, 2.45) is 11.5 Å². The molecule has 0 aromatic heterocycles. The molecule has 86 heavy (non-hydrogen) atoms. The number of hydrogen-bond donors (Lipinski definition) is 16. The van der Waals surface area contributed by atoms with Crippen LogP contribution in [0.5, 0.6) is 11.5 Å². The Kier molecular flexibility index (Phi) is 23.5. The van der Waals surface area contributed by atoms with Gasteiger partial charge in [-0.25, -0.2) is 0 Å². The number of ether oxygens (including phenoxy) is 1. The molecule has 18 N–H and O–H groups in total. The number of phenols is 1. The van der Waals surface area contributed by atoms with Crippen LogP contribution >= 0.6 is 0 Å². The SMILES string of the molecule is CCCCCOc1ccc(-c2ccc(-c3ccc(C(=O)N[C@@H]4C[C@H](O)[C@@H](NCCN)NC(=O)[C@@H]5[C@@H](O)CCN5C(=O)[C@H]([C@H](O)CCN)NC(=O)[C@H]([C@H](O)[C@@H](O)c5ccc(O)cc5)NC(=O)[C@@H]5C[C@@H](O)CN5C(=O)[C@H]([C@@H](C)O)NC4=O)cc3)cc2)cc1. The topological polar surface area (TPSA) is 421 Å². The van der Waals surface area contributed by atoms with Gasteiger partial charge in [-0.3, -0.25) is 38.9 Å². The van der Waals surface area contributed by atoms with E-state index in [1.807, 2.05) is 48.5 Å². The molecule has 3 saturated heterocycles. The smallest absolute Gasteiger partial charge is 0.251 e. The lowest BCUT2D eigenvalue weighted by molar-refractivity contribution is -0.148. The van der Waals surface area contributed by atoms with E-state index in [-0.39, 0.29) is 55.9 Å². The van der Waals surface area contributed by atoms with Gasteiger partial charge in [-0.15, -0.1) is 0 Å². The molecule has 0 bridgehead atoms. The predicted octanol–water partition coefficient (Wildman–Crippen LogP) is -2.29. The second-order valence-electron chi connectivity index (χ2n) is 21.9. The van der Waals surface area contributed by atoms with Crippen molar-refractivity contribution in [3.05, 3.63) is 108 Å². The zero-order valence-corrected chi connectivity index (χ0v) is 47.9. The molecule has 466 valence electrons. The Morgan fingerprint density at radius 2 is 1.26 bits per heavy atom. The van der Waals surface area contributed by atoms with E-state index in [0.29, 0.717) is 6.61 Å². The second kappa shape index (κ2) is 30.6. The molecule has 14 atom stereocenters. The Labute approximate surface area is 497 Å². The number of rotatable bonds is 19. The van der Waals surface area contributed by atoms with Crippen LogP contribution in [0.15, 0.2) is 97.1 Å². The van der Waals surface area contributed by atoms with E-state index in [1.54, 1.807) is 12.1 Å². The van der Waals surface area contributed by atoms with Gasteiger partial charge in [0.1, 0.15) is 66.1 Å². The number of amides is 7. The van der Waals surface area contributed by atoms with Gasteiger partial charge in [-0.1, -0.05) is 80.4 Å². The van der Waals surface area contributed by atoms with Crippen LogP contribution < -0.4 is 48.1 Å². The monoisotopic (exact) mass is 1200 g/mol.